The lowest BCUT2D eigenvalue weighted by atomic mass is 9.89. The Hall–Kier alpha value is -3.14. The molecule has 0 atom stereocenters. The number of amides is 1. The van der Waals surface area contributed by atoms with Crippen molar-refractivity contribution in [1.29, 1.82) is 0 Å². The van der Waals surface area contributed by atoms with Crippen LogP contribution in [0.2, 0.25) is 0 Å². The first kappa shape index (κ1) is 22.5. The van der Waals surface area contributed by atoms with Crippen molar-refractivity contribution >= 4 is 27.5 Å². The van der Waals surface area contributed by atoms with E-state index in [1.165, 1.54) is 18.2 Å². The standard InChI is InChI=1S/C21H25N3O6S/c25-21(22-14-16-6-2-1-3-7-16)30-15-17-10-12-18(13-11-17)31(28,29)23-19-8-4-5-9-20(19)24(26)27/h1-9,17-18,23H,10-15H2,(H,22,25). The van der Waals surface area contributed by atoms with Gasteiger partial charge >= 0.3 is 6.09 Å². The molecule has 0 unspecified atom stereocenters. The number of anilines is 1. The first-order chi connectivity index (χ1) is 14.8. The Balaban J connectivity index is 1.44. The number of ether oxygens (including phenoxy) is 1. The van der Waals surface area contributed by atoms with Crippen LogP contribution in [-0.4, -0.2) is 31.3 Å². The zero-order chi connectivity index (χ0) is 22.3. The lowest BCUT2D eigenvalue weighted by Crippen LogP contribution is -2.33. The van der Waals surface area contributed by atoms with E-state index in [9.17, 15) is 23.3 Å². The highest BCUT2D eigenvalue weighted by atomic mass is 32.2. The van der Waals surface area contributed by atoms with Crippen molar-refractivity contribution in [2.24, 2.45) is 5.92 Å². The number of rotatable bonds is 8. The van der Waals surface area contributed by atoms with E-state index < -0.39 is 26.3 Å². The summed E-state index contributed by atoms with van der Waals surface area (Å²) in [7, 11) is -3.76. The van der Waals surface area contributed by atoms with E-state index in [0.29, 0.717) is 32.2 Å². The second kappa shape index (κ2) is 10.3. The van der Waals surface area contributed by atoms with Gasteiger partial charge in [-0.15, -0.1) is 0 Å². The fourth-order valence-corrected chi connectivity index (χ4v) is 5.12. The van der Waals surface area contributed by atoms with Gasteiger partial charge in [0.1, 0.15) is 5.69 Å². The van der Waals surface area contributed by atoms with Crippen molar-refractivity contribution in [3.8, 4) is 0 Å². The number of benzene rings is 2. The van der Waals surface area contributed by atoms with Crippen molar-refractivity contribution in [1.82, 2.24) is 5.32 Å². The molecule has 0 heterocycles. The zero-order valence-electron chi connectivity index (χ0n) is 16.9. The third-order valence-corrected chi connectivity index (χ3v) is 7.17. The Labute approximate surface area is 181 Å². The molecule has 3 rings (SSSR count). The van der Waals surface area contributed by atoms with Gasteiger partial charge in [-0.2, -0.15) is 0 Å². The minimum atomic E-state index is -3.76. The summed E-state index contributed by atoms with van der Waals surface area (Å²) in [6, 6.07) is 15.1. The molecular weight excluding hydrogens is 422 g/mol. The van der Waals surface area contributed by atoms with E-state index in [1.807, 2.05) is 30.3 Å². The third kappa shape index (κ3) is 6.42. The van der Waals surface area contributed by atoms with E-state index in [1.54, 1.807) is 6.07 Å². The second-order valence-electron chi connectivity index (χ2n) is 7.50. The van der Waals surface area contributed by atoms with E-state index in [4.69, 9.17) is 4.74 Å². The number of nitrogens with one attached hydrogen (secondary N) is 2. The summed E-state index contributed by atoms with van der Waals surface area (Å²) in [6.45, 7) is 0.604. The predicted octanol–water partition coefficient (Wildman–Crippen LogP) is 3.82. The minimum Gasteiger partial charge on any atom is -0.449 e. The highest BCUT2D eigenvalue weighted by Crippen LogP contribution is 2.31. The maximum absolute atomic E-state index is 12.7. The number of carbonyl (C=O) groups is 1. The van der Waals surface area contributed by atoms with Crippen molar-refractivity contribution < 1.29 is 22.9 Å². The lowest BCUT2D eigenvalue weighted by molar-refractivity contribution is -0.383. The molecule has 0 radical (unpaired) electrons. The van der Waals surface area contributed by atoms with Crippen LogP contribution in [0.1, 0.15) is 31.2 Å². The van der Waals surface area contributed by atoms with Gasteiger partial charge in [-0.3, -0.25) is 14.8 Å². The monoisotopic (exact) mass is 447 g/mol. The molecule has 31 heavy (non-hydrogen) atoms. The summed E-state index contributed by atoms with van der Waals surface area (Å²) in [5.74, 6) is 0.0833. The number of hydrogen-bond donors (Lipinski definition) is 2. The molecule has 2 aromatic carbocycles. The lowest BCUT2D eigenvalue weighted by Gasteiger charge is -2.28. The van der Waals surface area contributed by atoms with E-state index in [0.717, 1.165) is 5.56 Å². The predicted molar refractivity (Wildman–Crippen MR) is 116 cm³/mol. The Kier molecular flexibility index (Phi) is 7.45. The molecule has 1 aliphatic rings. The summed E-state index contributed by atoms with van der Waals surface area (Å²) >= 11 is 0. The van der Waals surface area contributed by atoms with Gasteiger partial charge in [0, 0.05) is 12.6 Å². The molecule has 10 heteroatoms. The summed E-state index contributed by atoms with van der Waals surface area (Å²) in [5.41, 5.74) is 0.652. The molecule has 0 aromatic heterocycles. The maximum Gasteiger partial charge on any atom is 0.407 e. The highest BCUT2D eigenvalue weighted by molar-refractivity contribution is 7.93. The van der Waals surface area contributed by atoms with Crippen molar-refractivity contribution in [3.63, 3.8) is 0 Å². The fraction of sp³-hybridized carbons (Fsp3) is 0.381. The van der Waals surface area contributed by atoms with E-state index >= 15 is 0 Å². The molecule has 2 N–H and O–H groups in total. The molecule has 0 bridgehead atoms. The number of para-hydroxylation sites is 2. The van der Waals surface area contributed by atoms with Crippen molar-refractivity contribution in [2.45, 2.75) is 37.5 Å². The van der Waals surface area contributed by atoms with Gasteiger partial charge in [-0.1, -0.05) is 42.5 Å². The molecule has 2 aromatic rings. The van der Waals surface area contributed by atoms with Crippen LogP contribution in [0.5, 0.6) is 0 Å². The number of carbonyl (C=O) groups excluding carboxylic acids is 1. The highest BCUT2D eigenvalue weighted by Gasteiger charge is 2.32. The topological polar surface area (TPSA) is 128 Å². The van der Waals surface area contributed by atoms with Crippen LogP contribution in [0, 0.1) is 16.0 Å². The van der Waals surface area contributed by atoms with Gasteiger partial charge < -0.3 is 10.1 Å². The summed E-state index contributed by atoms with van der Waals surface area (Å²) in [5, 5.41) is 13.2. The number of nitro groups is 1. The van der Waals surface area contributed by atoms with Gasteiger partial charge in [0.15, 0.2) is 0 Å². The number of nitro benzene ring substituents is 1. The Morgan fingerprint density at radius 2 is 1.68 bits per heavy atom. The van der Waals surface area contributed by atoms with Gasteiger partial charge in [-0.05, 0) is 43.2 Å². The molecular formula is C21H25N3O6S. The summed E-state index contributed by atoms with van der Waals surface area (Å²) < 4.78 is 33.0. The molecule has 0 saturated heterocycles. The number of nitrogens with zero attached hydrogens (tertiary/aromatic N) is 1. The van der Waals surface area contributed by atoms with Crippen LogP contribution in [-0.2, 0) is 21.3 Å². The molecule has 1 saturated carbocycles. The smallest absolute Gasteiger partial charge is 0.407 e. The molecule has 0 aliphatic heterocycles. The van der Waals surface area contributed by atoms with E-state index in [-0.39, 0.29) is 23.9 Å². The van der Waals surface area contributed by atoms with Crippen LogP contribution in [0.3, 0.4) is 0 Å². The second-order valence-corrected chi connectivity index (χ2v) is 9.46. The van der Waals surface area contributed by atoms with Gasteiger partial charge in [0.2, 0.25) is 10.0 Å². The summed E-state index contributed by atoms with van der Waals surface area (Å²) in [4.78, 5) is 22.4. The SMILES string of the molecule is O=C(NCc1ccccc1)OCC1CCC(S(=O)(=O)Nc2ccccc2[N+](=O)[O-])CC1. The van der Waals surface area contributed by atoms with Crippen LogP contribution in [0.25, 0.3) is 0 Å². The van der Waals surface area contributed by atoms with E-state index in [2.05, 4.69) is 10.0 Å². The fourth-order valence-electron chi connectivity index (χ4n) is 3.58. The first-order valence-electron chi connectivity index (χ1n) is 10.0. The average molecular weight is 448 g/mol. The number of hydrogen-bond acceptors (Lipinski definition) is 6. The molecule has 1 fully saturated rings. The number of alkyl carbamates (subject to hydrolysis) is 1. The minimum absolute atomic E-state index is 0.0342. The Morgan fingerprint density at radius 3 is 2.35 bits per heavy atom. The molecule has 0 spiro atoms. The Morgan fingerprint density at radius 1 is 1.03 bits per heavy atom. The average Bonchev–Trinajstić information content (AvgIpc) is 2.77. The van der Waals surface area contributed by atoms with Crippen LogP contribution < -0.4 is 10.0 Å². The normalized spacial score (nSPS) is 18.7. The Bertz CT molecular complexity index is 1000. The molecule has 9 nitrogen and oxygen atoms in total. The maximum atomic E-state index is 12.7. The van der Waals surface area contributed by atoms with Gasteiger partial charge in [0.05, 0.1) is 16.8 Å². The molecule has 166 valence electrons. The number of sulfonamides is 1. The van der Waals surface area contributed by atoms with Crippen molar-refractivity contribution in [3.05, 3.63) is 70.3 Å². The van der Waals surface area contributed by atoms with Crippen LogP contribution >= 0.6 is 0 Å². The largest absolute Gasteiger partial charge is 0.449 e. The quantitative estimate of drug-likeness (QED) is 0.468. The van der Waals surface area contributed by atoms with Gasteiger partial charge in [-0.25, -0.2) is 13.2 Å². The van der Waals surface area contributed by atoms with Crippen LogP contribution in [0.15, 0.2) is 54.6 Å². The van der Waals surface area contributed by atoms with Crippen LogP contribution in [0.4, 0.5) is 16.2 Å². The summed E-state index contributed by atoms with van der Waals surface area (Å²) in [6.07, 6.45) is 1.48. The van der Waals surface area contributed by atoms with Gasteiger partial charge in [0.25, 0.3) is 5.69 Å². The molecule has 1 aliphatic carbocycles. The third-order valence-electron chi connectivity index (χ3n) is 5.32. The molecule has 1 amide bonds. The first-order valence-corrected chi connectivity index (χ1v) is 11.6. The zero-order valence-corrected chi connectivity index (χ0v) is 17.7. The van der Waals surface area contributed by atoms with Crippen molar-refractivity contribution in [2.75, 3.05) is 11.3 Å².